The molecule has 3 rings (SSSR count). The van der Waals surface area contributed by atoms with Gasteiger partial charge in [0.1, 0.15) is 6.54 Å². The molecule has 0 bridgehead atoms. The number of halogens is 1. The quantitative estimate of drug-likeness (QED) is 0.769. The van der Waals surface area contributed by atoms with Crippen LogP contribution in [0.3, 0.4) is 0 Å². The second-order valence-corrected chi connectivity index (χ2v) is 6.06. The van der Waals surface area contributed by atoms with Gasteiger partial charge in [-0.15, -0.1) is 0 Å². The fraction of sp³-hybridized carbons (Fsp3) is 0.118. The van der Waals surface area contributed by atoms with Crippen LogP contribution < -0.4 is 10.9 Å². The molecule has 116 valence electrons. The normalized spacial score (nSPS) is 10.7. The fourth-order valence-electron chi connectivity index (χ4n) is 2.30. The van der Waals surface area contributed by atoms with Crippen molar-refractivity contribution in [2.24, 2.45) is 0 Å². The Morgan fingerprint density at radius 2 is 2.04 bits per heavy atom. The third-order valence-corrected chi connectivity index (χ3v) is 4.38. The van der Waals surface area contributed by atoms with E-state index in [1.165, 1.54) is 10.9 Å². The Bertz CT molecular complexity index is 950. The van der Waals surface area contributed by atoms with Crippen LogP contribution in [0.25, 0.3) is 10.9 Å². The molecule has 1 heterocycles. The number of amides is 1. The average Bonchev–Trinajstić information content (AvgIpc) is 2.54. The highest BCUT2D eigenvalue weighted by molar-refractivity contribution is 9.10. The van der Waals surface area contributed by atoms with Crippen LogP contribution >= 0.6 is 15.9 Å². The van der Waals surface area contributed by atoms with Crippen LogP contribution in [0.2, 0.25) is 0 Å². The minimum atomic E-state index is -0.272. The molecule has 23 heavy (non-hydrogen) atoms. The zero-order valence-corrected chi connectivity index (χ0v) is 14.0. The van der Waals surface area contributed by atoms with E-state index < -0.39 is 0 Å². The molecule has 6 heteroatoms. The summed E-state index contributed by atoms with van der Waals surface area (Å²) in [4.78, 5) is 28.7. The maximum Gasteiger partial charge on any atom is 0.261 e. The number of benzene rings is 2. The van der Waals surface area contributed by atoms with Crippen LogP contribution in [0, 0.1) is 6.92 Å². The van der Waals surface area contributed by atoms with Crippen LogP contribution in [0.4, 0.5) is 5.69 Å². The Balaban J connectivity index is 1.81. The lowest BCUT2D eigenvalue weighted by molar-refractivity contribution is -0.116. The number of hydrogen-bond acceptors (Lipinski definition) is 3. The molecule has 0 aliphatic carbocycles. The van der Waals surface area contributed by atoms with Crippen LogP contribution in [-0.4, -0.2) is 15.5 Å². The number of para-hydroxylation sites is 1. The molecule has 1 amide bonds. The third kappa shape index (κ3) is 3.32. The summed E-state index contributed by atoms with van der Waals surface area (Å²) >= 11 is 3.42. The Kier molecular flexibility index (Phi) is 4.25. The maximum atomic E-state index is 12.4. The molecule has 2 aromatic carbocycles. The zero-order chi connectivity index (χ0) is 16.4. The van der Waals surface area contributed by atoms with Gasteiger partial charge in [0.05, 0.1) is 17.2 Å². The molecule has 0 radical (unpaired) electrons. The number of anilines is 1. The topological polar surface area (TPSA) is 64.0 Å². The van der Waals surface area contributed by atoms with E-state index in [0.717, 1.165) is 10.0 Å². The largest absolute Gasteiger partial charge is 0.325 e. The van der Waals surface area contributed by atoms with Gasteiger partial charge in [-0.05, 0) is 42.8 Å². The van der Waals surface area contributed by atoms with E-state index in [2.05, 4.69) is 26.2 Å². The van der Waals surface area contributed by atoms with Gasteiger partial charge in [0, 0.05) is 10.2 Å². The van der Waals surface area contributed by atoms with Gasteiger partial charge in [-0.25, -0.2) is 4.98 Å². The predicted octanol–water partition coefficient (Wildman–Crippen LogP) is 3.11. The van der Waals surface area contributed by atoms with Crippen molar-refractivity contribution in [3.63, 3.8) is 0 Å². The standard InChI is InChI=1S/C17H14BrN3O2/c1-11-8-12(6-7-14(11)18)20-16(22)9-21-10-19-15-5-3-2-4-13(15)17(21)23/h2-8,10H,9H2,1H3,(H,20,22). The molecule has 0 aliphatic rings. The van der Waals surface area contributed by atoms with Gasteiger partial charge in [0.15, 0.2) is 0 Å². The van der Waals surface area contributed by atoms with Gasteiger partial charge in [0.25, 0.3) is 5.56 Å². The second kappa shape index (κ2) is 6.34. The molecule has 0 unspecified atom stereocenters. The smallest absolute Gasteiger partial charge is 0.261 e. The van der Waals surface area contributed by atoms with Crippen molar-refractivity contribution in [2.75, 3.05) is 5.32 Å². The van der Waals surface area contributed by atoms with Gasteiger partial charge >= 0.3 is 0 Å². The first-order valence-corrected chi connectivity index (χ1v) is 7.84. The summed E-state index contributed by atoms with van der Waals surface area (Å²) in [6, 6.07) is 12.6. The van der Waals surface area contributed by atoms with E-state index in [1.807, 2.05) is 25.1 Å². The average molecular weight is 372 g/mol. The van der Waals surface area contributed by atoms with E-state index in [1.54, 1.807) is 24.3 Å². The van der Waals surface area contributed by atoms with E-state index in [0.29, 0.717) is 16.6 Å². The summed E-state index contributed by atoms with van der Waals surface area (Å²) in [6.07, 6.45) is 1.40. The second-order valence-electron chi connectivity index (χ2n) is 5.21. The van der Waals surface area contributed by atoms with E-state index in [-0.39, 0.29) is 18.0 Å². The maximum absolute atomic E-state index is 12.4. The Morgan fingerprint density at radius 3 is 2.83 bits per heavy atom. The van der Waals surface area contributed by atoms with Crippen LogP contribution in [0.15, 0.2) is 58.1 Å². The first-order chi connectivity index (χ1) is 11.0. The monoisotopic (exact) mass is 371 g/mol. The lowest BCUT2D eigenvalue weighted by atomic mass is 10.2. The van der Waals surface area contributed by atoms with E-state index in [4.69, 9.17) is 0 Å². The minimum absolute atomic E-state index is 0.0776. The third-order valence-electron chi connectivity index (χ3n) is 3.49. The highest BCUT2D eigenvalue weighted by Gasteiger charge is 2.08. The molecule has 0 atom stereocenters. The Morgan fingerprint density at radius 1 is 1.26 bits per heavy atom. The number of aryl methyl sites for hydroxylation is 1. The number of carbonyl (C=O) groups excluding carboxylic acids is 1. The van der Waals surface area contributed by atoms with Crippen molar-refractivity contribution in [2.45, 2.75) is 13.5 Å². The van der Waals surface area contributed by atoms with Gasteiger partial charge in [-0.3, -0.25) is 14.2 Å². The molecule has 3 aromatic rings. The summed E-state index contributed by atoms with van der Waals surface area (Å²) in [5.74, 6) is -0.272. The number of nitrogens with one attached hydrogen (secondary N) is 1. The van der Waals surface area contributed by atoms with Crippen molar-refractivity contribution in [3.05, 3.63) is 69.2 Å². The number of nitrogens with zero attached hydrogens (tertiary/aromatic N) is 2. The number of fused-ring (bicyclic) bond motifs is 1. The molecule has 1 N–H and O–H groups in total. The molecular weight excluding hydrogens is 358 g/mol. The molecule has 0 aliphatic heterocycles. The number of hydrogen-bond donors (Lipinski definition) is 1. The number of rotatable bonds is 3. The van der Waals surface area contributed by atoms with E-state index in [9.17, 15) is 9.59 Å². The van der Waals surface area contributed by atoms with Crippen LogP contribution in [0.5, 0.6) is 0 Å². The van der Waals surface area contributed by atoms with Crippen molar-refractivity contribution in [3.8, 4) is 0 Å². The summed E-state index contributed by atoms with van der Waals surface area (Å²) in [5.41, 5.74) is 2.11. The van der Waals surface area contributed by atoms with Gasteiger partial charge in [-0.2, -0.15) is 0 Å². The van der Waals surface area contributed by atoms with Gasteiger partial charge < -0.3 is 5.32 Å². The Hall–Kier alpha value is -2.47. The first-order valence-electron chi connectivity index (χ1n) is 7.05. The molecule has 0 spiro atoms. The summed E-state index contributed by atoms with van der Waals surface area (Å²) in [7, 11) is 0. The molecule has 0 saturated carbocycles. The highest BCUT2D eigenvalue weighted by Crippen LogP contribution is 2.19. The molecule has 5 nitrogen and oxygen atoms in total. The summed E-state index contributed by atoms with van der Waals surface area (Å²) < 4.78 is 2.29. The number of aromatic nitrogens is 2. The van der Waals surface area contributed by atoms with Crippen LogP contribution in [-0.2, 0) is 11.3 Å². The molecule has 0 saturated heterocycles. The minimum Gasteiger partial charge on any atom is -0.325 e. The summed E-state index contributed by atoms with van der Waals surface area (Å²) in [6.45, 7) is 1.86. The summed E-state index contributed by atoms with van der Waals surface area (Å²) in [5, 5.41) is 3.29. The lowest BCUT2D eigenvalue weighted by Gasteiger charge is -2.09. The van der Waals surface area contributed by atoms with Crippen LogP contribution in [0.1, 0.15) is 5.56 Å². The van der Waals surface area contributed by atoms with E-state index >= 15 is 0 Å². The fourth-order valence-corrected chi connectivity index (χ4v) is 2.54. The van der Waals surface area contributed by atoms with Crippen molar-refractivity contribution < 1.29 is 4.79 Å². The van der Waals surface area contributed by atoms with Crippen molar-refractivity contribution in [1.82, 2.24) is 9.55 Å². The zero-order valence-electron chi connectivity index (χ0n) is 12.4. The molecule has 0 fully saturated rings. The predicted molar refractivity (Wildman–Crippen MR) is 93.5 cm³/mol. The van der Waals surface area contributed by atoms with Gasteiger partial charge in [0.2, 0.25) is 5.91 Å². The first kappa shape index (κ1) is 15.4. The lowest BCUT2D eigenvalue weighted by Crippen LogP contribution is -2.27. The highest BCUT2D eigenvalue weighted by atomic mass is 79.9. The molecule has 1 aromatic heterocycles. The Labute approximate surface area is 141 Å². The molecular formula is C17H14BrN3O2. The van der Waals surface area contributed by atoms with Crippen molar-refractivity contribution >= 4 is 38.4 Å². The number of carbonyl (C=O) groups is 1. The van der Waals surface area contributed by atoms with Gasteiger partial charge in [-0.1, -0.05) is 28.1 Å². The van der Waals surface area contributed by atoms with Crippen molar-refractivity contribution in [1.29, 1.82) is 0 Å². The SMILES string of the molecule is Cc1cc(NC(=O)Cn2cnc3ccccc3c2=O)ccc1Br.